The predicted molar refractivity (Wildman–Crippen MR) is 62.5 cm³/mol. The third-order valence-electron chi connectivity index (χ3n) is 3.33. The average Bonchev–Trinajstić information content (AvgIpc) is 3.08. The number of hydrogen-bond donors (Lipinski definition) is 1. The van der Waals surface area contributed by atoms with Crippen LogP contribution in [-0.2, 0) is 0 Å². The van der Waals surface area contributed by atoms with E-state index < -0.39 is 0 Å². The minimum atomic E-state index is -0.291. The molecule has 1 aliphatic carbocycles. The summed E-state index contributed by atoms with van der Waals surface area (Å²) in [6.45, 7) is 10.2. The first-order chi connectivity index (χ1) is 7.22. The van der Waals surface area contributed by atoms with Gasteiger partial charge in [0.25, 0.3) is 0 Å². The highest BCUT2D eigenvalue weighted by Gasteiger charge is 2.45. The van der Waals surface area contributed by atoms with Crippen LogP contribution in [0.25, 0.3) is 0 Å². The van der Waals surface area contributed by atoms with Crippen LogP contribution in [0.4, 0.5) is 0 Å². The van der Waals surface area contributed by atoms with Crippen molar-refractivity contribution in [1.29, 1.82) is 5.26 Å². The fraction of sp³-hybridized carbons (Fsp3) is 0.917. The Hall–Kier alpha value is -0.590. The van der Waals surface area contributed by atoms with E-state index >= 15 is 0 Å². The van der Waals surface area contributed by atoms with Crippen molar-refractivity contribution in [3.63, 3.8) is 0 Å². The van der Waals surface area contributed by atoms with Gasteiger partial charge in [-0.1, -0.05) is 20.8 Å². The van der Waals surface area contributed by atoms with Crippen molar-refractivity contribution < 1.29 is 0 Å². The van der Waals surface area contributed by atoms with Gasteiger partial charge in [0.1, 0.15) is 5.54 Å². The molecular formula is C12H23N3. The lowest BCUT2D eigenvalue weighted by atomic mass is 9.94. The molecule has 1 unspecified atom stereocenters. The number of nitriles is 1. The molecule has 0 spiro atoms. The number of hydrogen-bond acceptors (Lipinski definition) is 3. The van der Waals surface area contributed by atoms with Gasteiger partial charge in [0.15, 0.2) is 0 Å². The largest absolute Gasteiger partial charge is 0.301 e. The zero-order chi connectivity index (χ0) is 11.3. The maximum Gasteiger partial charge on any atom is 0.122 e. The standard InChI is InChI=1S/C12H23N3/c1-4-14-12(9-13,11-7-8-11)10-15(5-2)6-3/h11,14H,4-8,10H2,1-3H3. The summed E-state index contributed by atoms with van der Waals surface area (Å²) in [7, 11) is 0. The van der Waals surface area contributed by atoms with Crippen molar-refractivity contribution in [2.45, 2.75) is 39.2 Å². The monoisotopic (exact) mass is 209 g/mol. The van der Waals surface area contributed by atoms with E-state index in [1.165, 1.54) is 12.8 Å². The van der Waals surface area contributed by atoms with E-state index in [0.717, 1.165) is 26.2 Å². The van der Waals surface area contributed by atoms with Crippen LogP contribution in [-0.4, -0.2) is 36.6 Å². The quantitative estimate of drug-likeness (QED) is 0.692. The smallest absolute Gasteiger partial charge is 0.122 e. The van der Waals surface area contributed by atoms with E-state index in [0.29, 0.717) is 5.92 Å². The molecule has 3 nitrogen and oxygen atoms in total. The van der Waals surface area contributed by atoms with E-state index in [1.807, 2.05) is 0 Å². The van der Waals surface area contributed by atoms with Crippen LogP contribution in [0.5, 0.6) is 0 Å². The fourth-order valence-electron chi connectivity index (χ4n) is 2.19. The third-order valence-corrected chi connectivity index (χ3v) is 3.33. The Morgan fingerprint density at radius 3 is 2.27 bits per heavy atom. The van der Waals surface area contributed by atoms with Crippen molar-refractivity contribution in [2.75, 3.05) is 26.2 Å². The van der Waals surface area contributed by atoms with Gasteiger partial charge in [-0.25, -0.2) is 0 Å². The zero-order valence-electron chi connectivity index (χ0n) is 10.2. The lowest BCUT2D eigenvalue weighted by Crippen LogP contribution is -2.54. The Morgan fingerprint density at radius 1 is 1.33 bits per heavy atom. The minimum absolute atomic E-state index is 0.291. The topological polar surface area (TPSA) is 39.1 Å². The Bertz CT molecular complexity index is 226. The highest BCUT2D eigenvalue weighted by atomic mass is 15.2. The number of nitrogens with one attached hydrogen (secondary N) is 1. The van der Waals surface area contributed by atoms with Crippen LogP contribution in [0.1, 0.15) is 33.6 Å². The van der Waals surface area contributed by atoms with Crippen molar-refractivity contribution >= 4 is 0 Å². The van der Waals surface area contributed by atoms with E-state index in [4.69, 9.17) is 0 Å². The second-order valence-corrected chi connectivity index (χ2v) is 4.35. The Morgan fingerprint density at radius 2 is 1.93 bits per heavy atom. The Labute approximate surface area is 93.5 Å². The molecule has 86 valence electrons. The normalized spacial score (nSPS) is 19.9. The van der Waals surface area contributed by atoms with Crippen LogP contribution in [0, 0.1) is 17.2 Å². The van der Waals surface area contributed by atoms with Gasteiger partial charge >= 0.3 is 0 Å². The molecule has 1 rings (SSSR count). The van der Waals surface area contributed by atoms with Gasteiger partial charge in [-0.3, -0.25) is 5.32 Å². The molecule has 1 N–H and O–H groups in total. The van der Waals surface area contributed by atoms with Crippen LogP contribution in [0.3, 0.4) is 0 Å². The van der Waals surface area contributed by atoms with Crippen LogP contribution >= 0.6 is 0 Å². The summed E-state index contributed by atoms with van der Waals surface area (Å²) in [5.74, 6) is 0.572. The maximum atomic E-state index is 9.42. The van der Waals surface area contributed by atoms with Gasteiger partial charge < -0.3 is 4.90 Å². The summed E-state index contributed by atoms with van der Waals surface area (Å²) in [4.78, 5) is 2.34. The minimum Gasteiger partial charge on any atom is -0.301 e. The molecule has 0 aromatic rings. The number of rotatable bonds is 7. The molecule has 15 heavy (non-hydrogen) atoms. The summed E-state index contributed by atoms with van der Waals surface area (Å²) in [5.41, 5.74) is -0.291. The van der Waals surface area contributed by atoms with Gasteiger partial charge in [0.2, 0.25) is 0 Å². The molecule has 0 bridgehead atoms. The average molecular weight is 209 g/mol. The van der Waals surface area contributed by atoms with Gasteiger partial charge in [-0.2, -0.15) is 5.26 Å². The molecular weight excluding hydrogens is 186 g/mol. The molecule has 0 amide bonds. The molecule has 1 aliphatic rings. The van der Waals surface area contributed by atoms with Crippen LogP contribution in [0.15, 0.2) is 0 Å². The summed E-state index contributed by atoms with van der Waals surface area (Å²) in [5, 5.41) is 12.8. The van der Waals surface area contributed by atoms with Crippen molar-refractivity contribution in [1.82, 2.24) is 10.2 Å². The lowest BCUT2D eigenvalue weighted by molar-refractivity contribution is 0.213. The van der Waals surface area contributed by atoms with Gasteiger partial charge in [-0.05, 0) is 38.4 Å². The van der Waals surface area contributed by atoms with Crippen LogP contribution < -0.4 is 5.32 Å². The molecule has 0 radical (unpaired) electrons. The lowest BCUT2D eigenvalue weighted by Gasteiger charge is -2.33. The predicted octanol–water partition coefficient (Wildman–Crippen LogP) is 1.61. The molecule has 0 saturated heterocycles. The summed E-state index contributed by atoms with van der Waals surface area (Å²) in [6, 6.07) is 2.52. The molecule has 1 atom stereocenters. The highest BCUT2D eigenvalue weighted by Crippen LogP contribution is 2.39. The van der Waals surface area contributed by atoms with Crippen molar-refractivity contribution in [3.05, 3.63) is 0 Å². The molecule has 1 saturated carbocycles. The van der Waals surface area contributed by atoms with Gasteiger partial charge in [0.05, 0.1) is 6.07 Å². The van der Waals surface area contributed by atoms with Crippen molar-refractivity contribution in [2.24, 2.45) is 5.92 Å². The third kappa shape index (κ3) is 2.93. The molecule has 1 fully saturated rings. The van der Waals surface area contributed by atoms with Crippen LogP contribution in [0.2, 0.25) is 0 Å². The van der Waals surface area contributed by atoms with Crippen molar-refractivity contribution in [3.8, 4) is 6.07 Å². The number of likely N-dealkylation sites (N-methyl/N-ethyl adjacent to an activating group) is 2. The summed E-state index contributed by atoms with van der Waals surface area (Å²) >= 11 is 0. The second-order valence-electron chi connectivity index (χ2n) is 4.35. The van der Waals surface area contributed by atoms with E-state index in [1.54, 1.807) is 0 Å². The molecule has 0 aliphatic heterocycles. The van der Waals surface area contributed by atoms with E-state index in [2.05, 4.69) is 37.1 Å². The summed E-state index contributed by atoms with van der Waals surface area (Å²) < 4.78 is 0. The van der Waals surface area contributed by atoms with Gasteiger partial charge in [0, 0.05) is 6.54 Å². The molecule has 3 heteroatoms. The Kier molecular flexibility index (Phi) is 4.56. The molecule has 0 aromatic heterocycles. The SMILES string of the molecule is CCNC(C#N)(CN(CC)CC)C1CC1. The van der Waals surface area contributed by atoms with E-state index in [9.17, 15) is 5.26 Å². The highest BCUT2D eigenvalue weighted by molar-refractivity contribution is 5.16. The zero-order valence-corrected chi connectivity index (χ0v) is 10.2. The first kappa shape index (κ1) is 12.5. The molecule has 0 aromatic carbocycles. The Balaban J connectivity index is 2.66. The summed E-state index contributed by atoms with van der Waals surface area (Å²) in [6.07, 6.45) is 2.42. The number of nitrogens with zero attached hydrogens (tertiary/aromatic N) is 2. The molecule has 0 heterocycles. The van der Waals surface area contributed by atoms with E-state index in [-0.39, 0.29) is 5.54 Å². The van der Waals surface area contributed by atoms with Gasteiger partial charge in [-0.15, -0.1) is 0 Å². The second kappa shape index (κ2) is 5.48. The first-order valence-electron chi connectivity index (χ1n) is 6.11. The fourth-order valence-corrected chi connectivity index (χ4v) is 2.19. The maximum absolute atomic E-state index is 9.42. The first-order valence-corrected chi connectivity index (χ1v) is 6.11.